The Hall–Kier alpha value is -3.10. The Morgan fingerprint density at radius 1 is 1.17 bits per heavy atom. The van der Waals surface area contributed by atoms with Gasteiger partial charge in [-0.25, -0.2) is 4.79 Å². The van der Waals surface area contributed by atoms with Crippen LogP contribution in [0.4, 0.5) is 11.5 Å². The van der Waals surface area contributed by atoms with Crippen molar-refractivity contribution in [1.29, 1.82) is 0 Å². The lowest BCUT2D eigenvalue weighted by molar-refractivity contribution is 0.0984. The van der Waals surface area contributed by atoms with Gasteiger partial charge in [0.2, 0.25) is 0 Å². The Kier molecular flexibility index (Phi) is 7.19. The molecule has 0 aliphatic carbocycles. The van der Waals surface area contributed by atoms with Gasteiger partial charge in [-0.15, -0.1) is 0 Å². The second-order valence-corrected chi connectivity index (χ2v) is 7.52. The number of nitrogens with two attached hydrogens (primary N) is 1. The van der Waals surface area contributed by atoms with E-state index in [1.54, 1.807) is 13.0 Å². The molecule has 2 aromatic heterocycles. The fourth-order valence-corrected chi connectivity index (χ4v) is 2.96. The molecular formula is C20H29N5O4. The number of pyridine rings is 1. The molecule has 9 nitrogen and oxygen atoms in total. The van der Waals surface area contributed by atoms with Gasteiger partial charge in [0.25, 0.3) is 17.0 Å². The number of anilines is 2. The van der Waals surface area contributed by atoms with Gasteiger partial charge in [-0.3, -0.25) is 23.9 Å². The van der Waals surface area contributed by atoms with E-state index in [-0.39, 0.29) is 29.5 Å². The maximum absolute atomic E-state index is 13.2. The first-order chi connectivity index (χ1) is 13.7. The molecule has 158 valence electrons. The van der Waals surface area contributed by atoms with Crippen LogP contribution < -0.4 is 27.4 Å². The van der Waals surface area contributed by atoms with Crippen molar-refractivity contribution in [3.05, 3.63) is 54.6 Å². The normalized spacial score (nSPS) is 11.1. The molecule has 0 atom stereocenters. The van der Waals surface area contributed by atoms with E-state index < -0.39 is 22.7 Å². The highest BCUT2D eigenvalue weighted by atomic mass is 16.2. The van der Waals surface area contributed by atoms with Crippen molar-refractivity contribution in [2.45, 2.75) is 53.5 Å². The Balaban J connectivity index is 2.63. The summed E-state index contributed by atoms with van der Waals surface area (Å²) in [5.41, 5.74) is 4.68. The molecule has 1 amide bonds. The Bertz CT molecular complexity index is 1050. The number of carbonyl (C=O) groups excluding carboxylic acids is 1. The van der Waals surface area contributed by atoms with Crippen molar-refractivity contribution in [3.8, 4) is 0 Å². The fourth-order valence-electron chi connectivity index (χ4n) is 2.96. The van der Waals surface area contributed by atoms with Crippen LogP contribution in [0.2, 0.25) is 0 Å². The van der Waals surface area contributed by atoms with Crippen LogP contribution in [-0.4, -0.2) is 27.0 Å². The van der Waals surface area contributed by atoms with E-state index in [0.29, 0.717) is 25.1 Å². The standard InChI is InChI=1S/C20H29N5O4/c1-5-6-10-25-16(21)15(18(27)23-20(25)29)24(11-9-12(2)3)19(28)14-8-7-13(4)22-17(14)26/h7-8,12H,5-6,9-11,21H2,1-4H3,(H,22,26)(H,23,27,29). The Morgan fingerprint density at radius 3 is 2.45 bits per heavy atom. The van der Waals surface area contributed by atoms with E-state index in [0.717, 1.165) is 6.42 Å². The minimum atomic E-state index is -0.749. The van der Waals surface area contributed by atoms with Crippen LogP contribution in [0.15, 0.2) is 26.5 Å². The first-order valence-electron chi connectivity index (χ1n) is 9.81. The van der Waals surface area contributed by atoms with Gasteiger partial charge in [-0.05, 0) is 37.8 Å². The number of aromatic amines is 2. The molecule has 4 N–H and O–H groups in total. The molecule has 0 fully saturated rings. The summed E-state index contributed by atoms with van der Waals surface area (Å²) < 4.78 is 1.26. The monoisotopic (exact) mass is 403 g/mol. The molecule has 2 aromatic rings. The topological polar surface area (TPSA) is 134 Å². The first kappa shape index (κ1) is 22.2. The van der Waals surface area contributed by atoms with E-state index in [9.17, 15) is 19.2 Å². The lowest BCUT2D eigenvalue weighted by Crippen LogP contribution is -2.43. The number of amides is 1. The fraction of sp³-hybridized carbons (Fsp3) is 0.500. The number of aryl methyl sites for hydroxylation is 1. The van der Waals surface area contributed by atoms with Crippen molar-refractivity contribution in [1.82, 2.24) is 14.5 Å². The zero-order chi connectivity index (χ0) is 21.7. The van der Waals surface area contributed by atoms with Crippen molar-refractivity contribution < 1.29 is 4.79 Å². The molecule has 0 aromatic carbocycles. The van der Waals surface area contributed by atoms with E-state index >= 15 is 0 Å². The van der Waals surface area contributed by atoms with Gasteiger partial charge in [0.05, 0.1) is 0 Å². The van der Waals surface area contributed by atoms with Gasteiger partial charge in [0.1, 0.15) is 11.4 Å². The molecule has 9 heteroatoms. The summed E-state index contributed by atoms with van der Waals surface area (Å²) in [5.74, 6) is -0.467. The zero-order valence-corrected chi connectivity index (χ0v) is 17.4. The summed E-state index contributed by atoms with van der Waals surface area (Å²) in [6.07, 6.45) is 2.10. The van der Waals surface area contributed by atoms with Crippen LogP contribution in [0.5, 0.6) is 0 Å². The minimum Gasteiger partial charge on any atom is -0.383 e. The summed E-state index contributed by atoms with van der Waals surface area (Å²) in [6, 6.07) is 3.04. The molecular weight excluding hydrogens is 374 g/mol. The number of aromatic nitrogens is 3. The maximum Gasteiger partial charge on any atom is 0.330 e. The smallest absolute Gasteiger partial charge is 0.330 e. The predicted octanol–water partition coefficient (Wildman–Crippen LogP) is 1.61. The van der Waals surface area contributed by atoms with Crippen LogP contribution in [-0.2, 0) is 6.54 Å². The number of hydrogen-bond acceptors (Lipinski definition) is 5. The van der Waals surface area contributed by atoms with Crippen molar-refractivity contribution in [2.75, 3.05) is 17.2 Å². The largest absolute Gasteiger partial charge is 0.383 e. The number of nitrogen functional groups attached to an aromatic ring is 1. The third-order valence-corrected chi connectivity index (χ3v) is 4.68. The van der Waals surface area contributed by atoms with Crippen molar-refractivity contribution >= 4 is 17.4 Å². The average molecular weight is 403 g/mol. The quantitative estimate of drug-likeness (QED) is 0.615. The van der Waals surface area contributed by atoms with Gasteiger partial charge in [0, 0.05) is 18.8 Å². The second-order valence-electron chi connectivity index (χ2n) is 7.52. The number of carbonyl (C=O) groups is 1. The molecule has 29 heavy (non-hydrogen) atoms. The highest BCUT2D eigenvalue weighted by molar-refractivity contribution is 6.07. The molecule has 0 aliphatic rings. The highest BCUT2D eigenvalue weighted by Gasteiger charge is 2.26. The number of hydrogen-bond donors (Lipinski definition) is 3. The second kappa shape index (κ2) is 9.40. The molecule has 0 unspecified atom stereocenters. The van der Waals surface area contributed by atoms with Gasteiger partial charge >= 0.3 is 5.69 Å². The third-order valence-electron chi connectivity index (χ3n) is 4.68. The molecule has 0 bridgehead atoms. The molecule has 0 aliphatic heterocycles. The van der Waals surface area contributed by atoms with Crippen molar-refractivity contribution in [3.63, 3.8) is 0 Å². The Morgan fingerprint density at radius 2 is 1.86 bits per heavy atom. The van der Waals surface area contributed by atoms with Gasteiger partial charge in [-0.1, -0.05) is 27.2 Å². The van der Waals surface area contributed by atoms with Crippen LogP contribution in [0.3, 0.4) is 0 Å². The molecule has 2 rings (SSSR count). The Labute approximate surface area is 168 Å². The third kappa shape index (κ3) is 5.04. The van der Waals surface area contributed by atoms with Gasteiger partial charge in [0.15, 0.2) is 5.69 Å². The van der Waals surface area contributed by atoms with Crippen LogP contribution in [0.25, 0.3) is 0 Å². The molecule has 0 saturated carbocycles. The zero-order valence-electron chi connectivity index (χ0n) is 17.4. The SMILES string of the molecule is CCCCn1c(N)c(N(CCC(C)C)C(=O)c2ccc(C)[nH]c2=O)c(=O)[nH]c1=O. The summed E-state index contributed by atoms with van der Waals surface area (Å²) in [6.45, 7) is 8.15. The number of rotatable bonds is 8. The first-order valence-corrected chi connectivity index (χ1v) is 9.81. The maximum atomic E-state index is 13.2. The van der Waals surface area contributed by atoms with Crippen LogP contribution in [0, 0.1) is 12.8 Å². The number of nitrogens with zero attached hydrogens (tertiary/aromatic N) is 2. The summed E-state index contributed by atoms with van der Waals surface area (Å²) in [4.78, 5) is 56.4. The van der Waals surface area contributed by atoms with Crippen LogP contribution >= 0.6 is 0 Å². The van der Waals surface area contributed by atoms with Crippen molar-refractivity contribution in [2.24, 2.45) is 5.92 Å². The summed E-state index contributed by atoms with van der Waals surface area (Å²) in [5, 5.41) is 0. The number of nitrogens with one attached hydrogen (secondary N) is 2. The molecule has 0 saturated heterocycles. The number of H-pyrrole nitrogens is 2. The highest BCUT2D eigenvalue weighted by Crippen LogP contribution is 2.20. The molecule has 0 spiro atoms. The number of unbranched alkanes of at least 4 members (excludes halogenated alkanes) is 1. The lowest BCUT2D eigenvalue weighted by Gasteiger charge is -2.25. The molecule has 0 radical (unpaired) electrons. The van der Waals surface area contributed by atoms with Gasteiger partial charge in [-0.2, -0.15) is 0 Å². The molecule has 2 heterocycles. The minimum absolute atomic E-state index is 0.0761. The lowest BCUT2D eigenvalue weighted by atomic mass is 10.1. The van der Waals surface area contributed by atoms with Gasteiger partial charge < -0.3 is 15.6 Å². The van der Waals surface area contributed by atoms with E-state index in [4.69, 9.17) is 5.73 Å². The van der Waals surface area contributed by atoms with E-state index in [1.165, 1.54) is 15.5 Å². The predicted molar refractivity (Wildman–Crippen MR) is 114 cm³/mol. The average Bonchev–Trinajstić information content (AvgIpc) is 2.63. The van der Waals surface area contributed by atoms with Crippen LogP contribution in [0.1, 0.15) is 56.1 Å². The van der Waals surface area contributed by atoms with E-state index in [2.05, 4.69) is 9.97 Å². The van der Waals surface area contributed by atoms with E-state index in [1.807, 2.05) is 20.8 Å². The summed E-state index contributed by atoms with van der Waals surface area (Å²) in [7, 11) is 0. The summed E-state index contributed by atoms with van der Waals surface area (Å²) >= 11 is 0.